The summed E-state index contributed by atoms with van der Waals surface area (Å²) in [6.07, 6.45) is -4.15. The van der Waals surface area contributed by atoms with Crippen LogP contribution in [-0.4, -0.2) is 23.3 Å². The van der Waals surface area contributed by atoms with Crippen molar-refractivity contribution < 1.29 is 22.8 Å². The van der Waals surface area contributed by atoms with Crippen molar-refractivity contribution in [1.82, 2.24) is 10.3 Å². The van der Waals surface area contributed by atoms with Crippen LogP contribution >= 0.6 is 22.6 Å². The van der Waals surface area contributed by atoms with Gasteiger partial charge in [-0.25, -0.2) is 0 Å². The zero-order chi connectivity index (χ0) is 18.6. The fourth-order valence-electron chi connectivity index (χ4n) is 1.84. The van der Waals surface area contributed by atoms with E-state index in [1.165, 1.54) is 0 Å². The van der Waals surface area contributed by atoms with Gasteiger partial charge in [-0.05, 0) is 40.8 Å². The third-order valence-electron chi connectivity index (χ3n) is 3.03. The van der Waals surface area contributed by atoms with Crippen molar-refractivity contribution in [2.75, 3.05) is 11.9 Å². The molecule has 0 unspecified atom stereocenters. The van der Waals surface area contributed by atoms with Gasteiger partial charge in [0.15, 0.2) is 0 Å². The Hall–Kier alpha value is -2.37. The summed E-state index contributed by atoms with van der Waals surface area (Å²) in [4.78, 5) is 37.2. The number of rotatable bonds is 4. The number of carbonyl (C=O) groups is 2. The van der Waals surface area contributed by atoms with Crippen LogP contribution in [0, 0.1) is 3.57 Å². The number of nitrogens with one attached hydrogen (secondary N) is 3. The molecule has 1 aromatic carbocycles. The number of amides is 2. The van der Waals surface area contributed by atoms with Gasteiger partial charge in [0.25, 0.3) is 11.5 Å². The topological polar surface area (TPSA) is 91.1 Å². The maximum Gasteiger partial charge on any atom is 0.417 e. The van der Waals surface area contributed by atoms with Gasteiger partial charge in [-0.2, -0.15) is 13.2 Å². The molecule has 2 amide bonds. The number of H-pyrrole nitrogens is 1. The number of carbonyl (C=O) groups excluding carboxylic acids is 2. The fourth-order valence-corrected chi connectivity index (χ4v) is 2.47. The maximum atomic E-state index is 12.6. The number of aromatic amines is 1. The van der Waals surface area contributed by atoms with Crippen LogP contribution in [0.25, 0.3) is 0 Å². The molecule has 1 heterocycles. The van der Waals surface area contributed by atoms with E-state index in [-0.39, 0.29) is 0 Å². The Bertz CT molecular complexity index is 865. The predicted molar refractivity (Wildman–Crippen MR) is 92.2 cm³/mol. The minimum atomic E-state index is -4.66. The van der Waals surface area contributed by atoms with Crippen molar-refractivity contribution in [1.29, 1.82) is 0 Å². The van der Waals surface area contributed by atoms with E-state index >= 15 is 0 Å². The molecule has 0 fully saturated rings. The molecule has 10 heteroatoms. The second kappa shape index (κ2) is 7.68. The molecule has 25 heavy (non-hydrogen) atoms. The van der Waals surface area contributed by atoms with E-state index < -0.39 is 41.3 Å². The van der Waals surface area contributed by atoms with E-state index in [9.17, 15) is 27.6 Å². The van der Waals surface area contributed by atoms with Gasteiger partial charge in [-0.3, -0.25) is 14.4 Å². The lowest BCUT2D eigenvalue weighted by Crippen LogP contribution is -2.34. The Balaban J connectivity index is 2.02. The predicted octanol–water partition coefficient (Wildman–Crippen LogP) is 2.37. The average Bonchev–Trinajstić information content (AvgIpc) is 2.54. The highest BCUT2D eigenvalue weighted by Crippen LogP contribution is 2.29. The minimum Gasteiger partial charge on any atom is -0.343 e. The molecule has 0 saturated heterocycles. The van der Waals surface area contributed by atoms with Gasteiger partial charge in [0, 0.05) is 9.77 Å². The lowest BCUT2D eigenvalue weighted by atomic mass is 10.2. The van der Waals surface area contributed by atoms with Gasteiger partial charge in [0.05, 0.1) is 17.7 Å². The highest BCUT2D eigenvalue weighted by Gasteiger charge is 2.31. The van der Waals surface area contributed by atoms with Crippen LogP contribution in [0.5, 0.6) is 0 Å². The van der Waals surface area contributed by atoms with Gasteiger partial charge in [0.2, 0.25) is 5.91 Å². The fraction of sp³-hybridized carbons (Fsp3) is 0.133. The summed E-state index contributed by atoms with van der Waals surface area (Å²) >= 11 is 1.95. The standard InChI is InChI=1S/C15H11F3IN3O3/c16-15(17,18)8-5-11(14(25)20-6-8)22-12(23)7-21-13(24)9-3-1-2-4-10(9)19/h1-6H,7H2,(H,20,25)(H,21,24)(H,22,23). The van der Waals surface area contributed by atoms with E-state index in [1.54, 1.807) is 24.3 Å². The number of alkyl halides is 3. The van der Waals surface area contributed by atoms with Crippen molar-refractivity contribution in [3.63, 3.8) is 0 Å². The van der Waals surface area contributed by atoms with Gasteiger partial charge in [0.1, 0.15) is 5.69 Å². The first-order valence-corrected chi connectivity index (χ1v) is 7.89. The summed E-state index contributed by atoms with van der Waals surface area (Å²) in [7, 11) is 0. The zero-order valence-corrected chi connectivity index (χ0v) is 14.6. The molecule has 2 aromatic rings. The van der Waals surface area contributed by atoms with Crippen LogP contribution in [0.4, 0.5) is 18.9 Å². The highest BCUT2D eigenvalue weighted by atomic mass is 127. The average molecular weight is 465 g/mol. The minimum absolute atomic E-state index is 0.354. The second-order valence-electron chi connectivity index (χ2n) is 4.84. The Labute approximate surface area is 153 Å². The molecule has 3 N–H and O–H groups in total. The summed E-state index contributed by atoms with van der Waals surface area (Å²) in [6.45, 7) is -0.501. The lowest BCUT2D eigenvalue weighted by molar-refractivity contribution is -0.137. The van der Waals surface area contributed by atoms with Crippen LogP contribution < -0.4 is 16.2 Å². The summed E-state index contributed by atoms with van der Waals surface area (Å²) in [5.41, 5.74) is -2.19. The van der Waals surface area contributed by atoms with E-state index in [2.05, 4.69) is 5.32 Å². The Kier molecular flexibility index (Phi) is 5.82. The van der Waals surface area contributed by atoms with E-state index in [4.69, 9.17) is 0 Å². The van der Waals surface area contributed by atoms with Crippen LogP contribution in [0.3, 0.4) is 0 Å². The summed E-state index contributed by atoms with van der Waals surface area (Å²) in [5.74, 6) is -1.35. The molecule has 0 saturated carbocycles. The van der Waals surface area contributed by atoms with Crippen molar-refractivity contribution in [2.45, 2.75) is 6.18 Å². The summed E-state index contributed by atoms with van der Waals surface area (Å²) in [5, 5.41) is 4.38. The number of pyridine rings is 1. The molecule has 132 valence electrons. The van der Waals surface area contributed by atoms with Gasteiger partial charge in [-0.1, -0.05) is 12.1 Å². The van der Waals surface area contributed by atoms with E-state index in [0.717, 1.165) is 0 Å². The number of anilines is 1. The molecule has 0 spiro atoms. The highest BCUT2D eigenvalue weighted by molar-refractivity contribution is 14.1. The first-order valence-electron chi connectivity index (χ1n) is 6.81. The monoisotopic (exact) mass is 465 g/mol. The number of hydrogen-bond acceptors (Lipinski definition) is 3. The number of aromatic nitrogens is 1. The first kappa shape index (κ1) is 19.0. The second-order valence-corrected chi connectivity index (χ2v) is 6.00. The zero-order valence-electron chi connectivity index (χ0n) is 12.4. The molecular formula is C15H11F3IN3O3. The number of hydrogen-bond donors (Lipinski definition) is 3. The third kappa shape index (κ3) is 5.05. The molecule has 6 nitrogen and oxygen atoms in total. The van der Waals surface area contributed by atoms with Crippen molar-refractivity contribution >= 4 is 40.1 Å². The quantitative estimate of drug-likeness (QED) is 0.606. The summed E-state index contributed by atoms with van der Waals surface area (Å²) < 4.78 is 38.5. The maximum absolute atomic E-state index is 12.6. The third-order valence-corrected chi connectivity index (χ3v) is 3.97. The van der Waals surface area contributed by atoms with Gasteiger partial charge in [-0.15, -0.1) is 0 Å². The smallest absolute Gasteiger partial charge is 0.343 e. The number of halogens is 4. The normalized spacial score (nSPS) is 11.0. The van der Waals surface area contributed by atoms with Crippen LogP contribution in [0.1, 0.15) is 15.9 Å². The SMILES string of the molecule is O=C(CNC(=O)c1ccccc1I)Nc1cc(C(F)(F)F)c[nH]c1=O. The van der Waals surface area contributed by atoms with Gasteiger partial charge < -0.3 is 15.6 Å². The molecule has 0 bridgehead atoms. The van der Waals surface area contributed by atoms with E-state index in [1.807, 2.05) is 32.9 Å². The lowest BCUT2D eigenvalue weighted by Gasteiger charge is -2.10. The molecule has 1 aromatic heterocycles. The molecule has 0 radical (unpaired) electrons. The Morgan fingerprint density at radius 1 is 1.20 bits per heavy atom. The molecular weight excluding hydrogens is 454 g/mol. The van der Waals surface area contributed by atoms with Crippen LogP contribution in [0.2, 0.25) is 0 Å². The largest absolute Gasteiger partial charge is 0.417 e. The Morgan fingerprint density at radius 3 is 2.52 bits per heavy atom. The molecule has 0 atom stereocenters. The van der Waals surface area contributed by atoms with Crippen LogP contribution in [-0.2, 0) is 11.0 Å². The van der Waals surface area contributed by atoms with Gasteiger partial charge >= 0.3 is 6.18 Å². The van der Waals surface area contributed by atoms with Crippen molar-refractivity contribution in [3.05, 3.63) is 61.6 Å². The van der Waals surface area contributed by atoms with Crippen LogP contribution in [0.15, 0.2) is 41.3 Å². The molecule has 2 rings (SSSR count). The van der Waals surface area contributed by atoms with Crippen molar-refractivity contribution in [3.8, 4) is 0 Å². The Morgan fingerprint density at radius 2 is 1.88 bits per heavy atom. The van der Waals surface area contributed by atoms with E-state index in [0.29, 0.717) is 21.4 Å². The molecule has 0 aliphatic heterocycles. The summed E-state index contributed by atoms with van der Waals surface area (Å²) in [6, 6.07) is 7.19. The molecule has 0 aliphatic carbocycles. The molecule has 0 aliphatic rings. The number of benzene rings is 1. The van der Waals surface area contributed by atoms with Crippen molar-refractivity contribution in [2.24, 2.45) is 0 Å². The first-order chi connectivity index (χ1) is 11.7.